The first-order chi connectivity index (χ1) is 13.9. The summed E-state index contributed by atoms with van der Waals surface area (Å²) in [5.74, 6) is -0.631. The number of H-pyrrole nitrogens is 1. The Kier molecular flexibility index (Phi) is 5.25. The Morgan fingerprint density at radius 3 is 2.79 bits per heavy atom. The Morgan fingerprint density at radius 2 is 2.07 bits per heavy atom. The maximum atomic E-state index is 13.9. The maximum absolute atomic E-state index is 13.9. The summed E-state index contributed by atoms with van der Waals surface area (Å²) >= 11 is 5.92. The van der Waals surface area contributed by atoms with Crippen molar-refractivity contribution >= 4 is 11.6 Å². The number of aromatic hydroxyl groups is 1. The van der Waals surface area contributed by atoms with E-state index >= 15 is 0 Å². The second kappa shape index (κ2) is 7.85. The lowest BCUT2D eigenvalue weighted by Gasteiger charge is -2.28. The van der Waals surface area contributed by atoms with Gasteiger partial charge in [0.25, 0.3) is 5.56 Å². The molecule has 150 valence electrons. The number of hydrogen-bond donors (Lipinski definition) is 2. The van der Waals surface area contributed by atoms with Crippen molar-refractivity contribution in [2.45, 2.75) is 19.5 Å². The number of phenols is 1. The fourth-order valence-electron chi connectivity index (χ4n) is 3.49. The lowest BCUT2D eigenvalue weighted by molar-refractivity contribution is 0.240. The van der Waals surface area contributed by atoms with E-state index in [2.05, 4.69) is 9.97 Å². The molecule has 3 aromatic rings. The molecule has 0 aliphatic carbocycles. The number of nitrogens with zero attached hydrogens (tertiary/aromatic N) is 2. The minimum Gasteiger partial charge on any atom is -0.502 e. The molecule has 4 rings (SSSR count). The zero-order valence-corrected chi connectivity index (χ0v) is 16.5. The van der Waals surface area contributed by atoms with Gasteiger partial charge in [0.15, 0.2) is 17.3 Å². The van der Waals surface area contributed by atoms with Crippen LogP contribution in [0.5, 0.6) is 11.5 Å². The summed E-state index contributed by atoms with van der Waals surface area (Å²) in [6.07, 6.45) is 0.609. The van der Waals surface area contributed by atoms with Gasteiger partial charge in [-0.15, -0.1) is 0 Å². The summed E-state index contributed by atoms with van der Waals surface area (Å²) in [6, 6.07) is 10.0. The van der Waals surface area contributed by atoms with Gasteiger partial charge >= 0.3 is 0 Å². The van der Waals surface area contributed by atoms with Crippen LogP contribution < -0.4 is 10.3 Å². The molecule has 0 unspecified atom stereocenters. The number of ether oxygens (including phenoxy) is 1. The van der Waals surface area contributed by atoms with E-state index in [-0.39, 0.29) is 11.3 Å². The number of fused-ring (bicyclic) bond motifs is 1. The van der Waals surface area contributed by atoms with Crippen LogP contribution >= 0.6 is 11.6 Å². The van der Waals surface area contributed by atoms with Crippen LogP contribution in [0.4, 0.5) is 4.39 Å². The third-order valence-corrected chi connectivity index (χ3v) is 5.23. The van der Waals surface area contributed by atoms with Gasteiger partial charge in [0.2, 0.25) is 0 Å². The molecule has 29 heavy (non-hydrogen) atoms. The highest BCUT2D eigenvalue weighted by Crippen LogP contribution is 2.31. The van der Waals surface area contributed by atoms with Crippen LogP contribution in [0.3, 0.4) is 0 Å². The van der Waals surface area contributed by atoms with E-state index in [0.29, 0.717) is 48.0 Å². The lowest BCUT2D eigenvalue weighted by Crippen LogP contribution is -2.35. The number of nitrogens with one attached hydrogen (secondary N) is 1. The number of rotatable bonds is 4. The van der Waals surface area contributed by atoms with Crippen molar-refractivity contribution in [3.63, 3.8) is 0 Å². The first-order valence-electron chi connectivity index (χ1n) is 9.10. The molecular formula is C21H19ClFN3O3. The average Bonchev–Trinajstić information content (AvgIpc) is 2.71. The maximum Gasteiger partial charge on any atom is 0.255 e. The van der Waals surface area contributed by atoms with Crippen LogP contribution in [0.25, 0.3) is 11.4 Å². The number of benzene rings is 2. The van der Waals surface area contributed by atoms with Crippen molar-refractivity contribution in [1.29, 1.82) is 0 Å². The predicted molar refractivity (Wildman–Crippen MR) is 108 cm³/mol. The molecule has 0 radical (unpaired) electrons. The normalized spacial score (nSPS) is 13.9. The number of methoxy groups -OCH3 is 1. The summed E-state index contributed by atoms with van der Waals surface area (Å²) in [5.41, 5.74) is 2.65. The van der Waals surface area contributed by atoms with Gasteiger partial charge in [-0.05, 0) is 42.0 Å². The molecule has 2 aromatic carbocycles. The molecule has 1 aliphatic heterocycles. The summed E-state index contributed by atoms with van der Waals surface area (Å²) in [6.45, 7) is 1.50. The lowest BCUT2D eigenvalue weighted by atomic mass is 10.0. The molecule has 1 aromatic heterocycles. The van der Waals surface area contributed by atoms with Crippen molar-refractivity contribution in [3.05, 3.63) is 74.4 Å². The van der Waals surface area contributed by atoms with Crippen LogP contribution in [0.1, 0.15) is 16.8 Å². The van der Waals surface area contributed by atoms with Crippen molar-refractivity contribution in [1.82, 2.24) is 14.9 Å². The van der Waals surface area contributed by atoms with Crippen LogP contribution in [-0.2, 0) is 19.5 Å². The second-order valence-electron chi connectivity index (χ2n) is 6.94. The molecule has 0 atom stereocenters. The average molecular weight is 416 g/mol. The van der Waals surface area contributed by atoms with Gasteiger partial charge in [0.1, 0.15) is 5.82 Å². The van der Waals surface area contributed by atoms with Gasteiger partial charge in [0.05, 0.1) is 18.4 Å². The smallest absolute Gasteiger partial charge is 0.255 e. The zero-order valence-electron chi connectivity index (χ0n) is 15.7. The van der Waals surface area contributed by atoms with Gasteiger partial charge in [-0.3, -0.25) is 9.69 Å². The van der Waals surface area contributed by atoms with Crippen LogP contribution in [0.15, 0.2) is 41.2 Å². The van der Waals surface area contributed by atoms with Crippen LogP contribution in [0.2, 0.25) is 5.02 Å². The monoisotopic (exact) mass is 415 g/mol. The summed E-state index contributed by atoms with van der Waals surface area (Å²) < 4.78 is 18.9. The Labute approximate surface area is 171 Å². The standard InChI is InChI=1S/C21H19ClFN3O3/c1-29-18-9-12(8-16(23)19(18)27)10-26-7-6-17-15(11-26)21(28)25-20(24-17)13-2-4-14(22)5-3-13/h2-5,8-9,27H,6-7,10-11H2,1H3,(H,24,25,28). The highest BCUT2D eigenvalue weighted by atomic mass is 35.5. The Bertz CT molecular complexity index is 1120. The highest BCUT2D eigenvalue weighted by Gasteiger charge is 2.22. The van der Waals surface area contributed by atoms with E-state index in [9.17, 15) is 14.3 Å². The first-order valence-corrected chi connectivity index (χ1v) is 9.48. The molecule has 1 aliphatic rings. The number of hydrogen-bond acceptors (Lipinski definition) is 5. The summed E-state index contributed by atoms with van der Waals surface area (Å²) in [5, 5.41) is 10.3. The zero-order chi connectivity index (χ0) is 20.5. The molecule has 0 saturated heterocycles. The van der Waals surface area contributed by atoms with Crippen molar-refractivity contribution < 1.29 is 14.2 Å². The topological polar surface area (TPSA) is 78.5 Å². The van der Waals surface area contributed by atoms with E-state index in [1.165, 1.54) is 13.2 Å². The Balaban J connectivity index is 1.57. The molecule has 0 amide bonds. The van der Waals surface area contributed by atoms with Gasteiger partial charge in [0, 0.05) is 36.6 Å². The van der Waals surface area contributed by atoms with Gasteiger partial charge in [-0.2, -0.15) is 0 Å². The molecule has 8 heteroatoms. The molecule has 2 N–H and O–H groups in total. The SMILES string of the molecule is COc1cc(CN2CCc3nc(-c4ccc(Cl)cc4)[nH]c(=O)c3C2)cc(F)c1O. The molecule has 0 spiro atoms. The quantitative estimate of drug-likeness (QED) is 0.681. The third-order valence-electron chi connectivity index (χ3n) is 4.98. The molecule has 0 fully saturated rings. The van der Waals surface area contributed by atoms with E-state index < -0.39 is 11.6 Å². The van der Waals surface area contributed by atoms with Crippen LogP contribution in [-0.4, -0.2) is 33.6 Å². The number of halogens is 2. The first kappa shape index (κ1) is 19.4. The number of aromatic amines is 1. The van der Waals surface area contributed by atoms with Gasteiger partial charge in [-0.25, -0.2) is 9.37 Å². The van der Waals surface area contributed by atoms with E-state index in [1.54, 1.807) is 18.2 Å². The Hall–Kier alpha value is -2.90. The minimum absolute atomic E-state index is 0.0875. The van der Waals surface area contributed by atoms with E-state index in [0.717, 1.165) is 11.3 Å². The fourth-order valence-corrected chi connectivity index (χ4v) is 3.62. The molecular weight excluding hydrogens is 397 g/mol. The highest BCUT2D eigenvalue weighted by molar-refractivity contribution is 6.30. The molecule has 0 bridgehead atoms. The van der Waals surface area contributed by atoms with Crippen LogP contribution in [0, 0.1) is 5.82 Å². The number of aromatic nitrogens is 2. The van der Waals surface area contributed by atoms with Crippen molar-refractivity contribution in [2.75, 3.05) is 13.7 Å². The van der Waals surface area contributed by atoms with Gasteiger partial charge < -0.3 is 14.8 Å². The summed E-state index contributed by atoms with van der Waals surface area (Å²) in [7, 11) is 1.37. The van der Waals surface area contributed by atoms with Crippen molar-refractivity contribution in [3.8, 4) is 22.9 Å². The predicted octanol–water partition coefficient (Wildman–Crippen LogP) is 3.50. The second-order valence-corrected chi connectivity index (χ2v) is 7.37. The van der Waals surface area contributed by atoms with E-state index in [1.807, 2.05) is 17.0 Å². The molecule has 6 nitrogen and oxygen atoms in total. The Morgan fingerprint density at radius 1 is 1.31 bits per heavy atom. The van der Waals surface area contributed by atoms with Gasteiger partial charge in [-0.1, -0.05) is 11.6 Å². The van der Waals surface area contributed by atoms with E-state index in [4.69, 9.17) is 16.3 Å². The number of phenolic OH excluding ortho intramolecular Hbond substituents is 1. The third kappa shape index (κ3) is 3.97. The largest absolute Gasteiger partial charge is 0.502 e. The molecule has 2 heterocycles. The summed E-state index contributed by atoms with van der Waals surface area (Å²) in [4.78, 5) is 22.2. The fraction of sp³-hybridized carbons (Fsp3) is 0.238. The van der Waals surface area contributed by atoms with Crippen molar-refractivity contribution in [2.24, 2.45) is 0 Å². The minimum atomic E-state index is -0.733. The molecule has 0 saturated carbocycles.